The number of benzene rings is 1. The summed E-state index contributed by atoms with van der Waals surface area (Å²) in [5.41, 5.74) is 6.92. The normalized spacial score (nSPS) is 10.5. The van der Waals surface area contributed by atoms with E-state index in [1.165, 1.54) is 0 Å². The second-order valence-electron chi connectivity index (χ2n) is 3.65. The first kappa shape index (κ1) is 11.7. The maximum absolute atomic E-state index is 5.94. The van der Waals surface area contributed by atoms with Crippen molar-refractivity contribution < 1.29 is 4.52 Å². The van der Waals surface area contributed by atoms with E-state index in [1.807, 2.05) is 18.9 Å². The summed E-state index contributed by atoms with van der Waals surface area (Å²) < 4.78 is 5.17. The lowest BCUT2D eigenvalue weighted by atomic mass is 10.2. The van der Waals surface area contributed by atoms with Gasteiger partial charge in [-0.2, -0.15) is 4.98 Å². The molecule has 0 spiro atoms. The number of halogens is 1. The summed E-state index contributed by atoms with van der Waals surface area (Å²) in [4.78, 5) is 6.15. The van der Waals surface area contributed by atoms with E-state index in [-0.39, 0.29) is 0 Å². The number of aromatic nitrogens is 2. The zero-order valence-corrected chi connectivity index (χ0v) is 10.4. The summed E-state index contributed by atoms with van der Waals surface area (Å²) in [6.45, 7) is 2.82. The molecule has 6 heteroatoms. The minimum atomic E-state index is 0.433. The number of hydrogen-bond acceptors (Lipinski definition) is 5. The lowest BCUT2D eigenvalue weighted by Gasteiger charge is -2.08. The van der Waals surface area contributed by atoms with Gasteiger partial charge in [-0.25, -0.2) is 0 Å². The molecule has 5 nitrogen and oxygen atoms in total. The van der Waals surface area contributed by atoms with Crippen LogP contribution in [0.2, 0.25) is 5.02 Å². The molecule has 0 aliphatic rings. The fraction of sp³-hybridized carbons (Fsp3) is 0.273. The summed E-state index contributed by atoms with van der Waals surface area (Å²) >= 11 is 5.94. The third kappa shape index (κ3) is 2.34. The van der Waals surface area contributed by atoms with Gasteiger partial charge in [-0.1, -0.05) is 11.6 Å². The summed E-state index contributed by atoms with van der Waals surface area (Å²) in [6, 6.07) is 5.22. The van der Waals surface area contributed by atoms with E-state index in [9.17, 15) is 0 Å². The van der Waals surface area contributed by atoms with Gasteiger partial charge >= 0.3 is 0 Å². The van der Waals surface area contributed by atoms with Crippen LogP contribution in [0, 0.1) is 0 Å². The largest absolute Gasteiger partial charge is 0.398 e. The first-order chi connectivity index (χ1) is 8.11. The summed E-state index contributed by atoms with van der Waals surface area (Å²) in [6.07, 6.45) is 0. The van der Waals surface area contributed by atoms with Crippen molar-refractivity contribution in [3.8, 4) is 11.5 Å². The lowest BCUT2D eigenvalue weighted by molar-refractivity contribution is 0.430. The van der Waals surface area contributed by atoms with Gasteiger partial charge in [-0.3, -0.25) is 0 Å². The third-order valence-corrected chi connectivity index (χ3v) is 2.81. The number of anilines is 2. The highest BCUT2D eigenvalue weighted by atomic mass is 35.5. The highest BCUT2D eigenvalue weighted by Crippen LogP contribution is 2.26. The van der Waals surface area contributed by atoms with E-state index in [2.05, 4.69) is 10.1 Å². The summed E-state index contributed by atoms with van der Waals surface area (Å²) in [5, 5.41) is 4.36. The zero-order valence-electron chi connectivity index (χ0n) is 9.64. The van der Waals surface area contributed by atoms with Gasteiger partial charge in [-0.05, 0) is 30.3 Å². The van der Waals surface area contributed by atoms with Crippen LogP contribution >= 0.6 is 11.6 Å². The molecule has 2 N–H and O–H groups in total. The second-order valence-corrected chi connectivity index (χ2v) is 4.06. The molecule has 0 bridgehead atoms. The maximum Gasteiger partial charge on any atom is 0.266 e. The molecular weight excluding hydrogens is 240 g/mol. The lowest BCUT2D eigenvalue weighted by Crippen LogP contribution is -2.16. The summed E-state index contributed by atoms with van der Waals surface area (Å²) in [7, 11) is 1.89. The minimum Gasteiger partial charge on any atom is -0.398 e. The van der Waals surface area contributed by atoms with Gasteiger partial charge in [0, 0.05) is 19.2 Å². The number of rotatable bonds is 3. The Labute approximate surface area is 104 Å². The fourth-order valence-corrected chi connectivity index (χ4v) is 1.47. The van der Waals surface area contributed by atoms with Gasteiger partial charge < -0.3 is 15.2 Å². The standard InChI is InChI=1S/C11H13ClN4O/c1-3-16(2)11-14-10(17-15-11)7-4-5-9(13)8(12)6-7/h4-6H,3,13H2,1-2H3. The fourth-order valence-electron chi connectivity index (χ4n) is 1.29. The Balaban J connectivity index is 2.33. The van der Waals surface area contributed by atoms with Gasteiger partial charge in [0.1, 0.15) is 0 Å². The molecule has 0 atom stereocenters. The van der Waals surface area contributed by atoms with Crippen molar-refractivity contribution in [3.05, 3.63) is 23.2 Å². The Morgan fingerprint density at radius 1 is 1.47 bits per heavy atom. The Bertz CT molecular complexity index is 526. The van der Waals surface area contributed by atoms with Crippen LogP contribution in [0.4, 0.5) is 11.6 Å². The van der Waals surface area contributed by atoms with Crippen LogP contribution in [0.1, 0.15) is 6.92 Å². The molecule has 0 radical (unpaired) electrons. The van der Waals surface area contributed by atoms with Crippen molar-refractivity contribution in [1.82, 2.24) is 10.1 Å². The SMILES string of the molecule is CCN(C)c1noc(-c2ccc(N)c(Cl)c2)n1. The molecule has 0 saturated heterocycles. The highest BCUT2D eigenvalue weighted by molar-refractivity contribution is 6.33. The molecule has 90 valence electrons. The van der Waals surface area contributed by atoms with Crippen molar-refractivity contribution in [2.24, 2.45) is 0 Å². The van der Waals surface area contributed by atoms with Crippen LogP contribution in [0.15, 0.2) is 22.7 Å². The van der Waals surface area contributed by atoms with Crippen molar-refractivity contribution in [1.29, 1.82) is 0 Å². The predicted octanol–water partition coefficient (Wildman–Crippen LogP) is 2.43. The average Bonchev–Trinajstić information content (AvgIpc) is 2.81. The quantitative estimate of drug-likeness (QED) is 0.850. The number of nitrogens with two attached hydrogens (primary N) is 1. The molecule has 0 aliphatic carbocycles. The van der Waals surface area contributed by atoms with Gasteiger partial charge in [0.05, 0.1) is 10.7 Å². The molecule has 0 fully saturated rings. The number of nitrogen functional groups attached to an aromatic ring is 1. The highest BCUT2D eigenvalue weighted by Gasteiger charge is 2.12. The molecule has 0 saturated carbocycles. The Hall–Kier alpha value is -1.75. The van der Waals surface area contributed by atoms with Gasteiger partial charge in [0.2, 0.25) is 0 Å². The van der Waals surface area contributed by atoms with E-state index >= 15 is 0 Å². The molecule has 0 unspecified atom stereocenters. The molecule has 0 amide bonds. The Morgan fingerprint density at radius 3 is 2.88 bits per heavy atom. The molecule has 2 rings (SSSR count). The van der Waals surface area contributed by atoms with Crippen LogP contribution in [0.3, 0.4) is 0 Å². The first-order valence-electron chi connectivity index (χ1n) is 5.22. The topological polar surface area (TPSA) is 68.2 Å². The predicted molar refractivity (Wildman–Crippen MR) is 68.1 cm³/mol. The van der Waals surface area contributed by atoms with E-state index in [0.717, 1.165) is 12.1 Å². The van der Waals surface area contributed by atoms with Gasteiger partial charge in [0.25, 0.3) is 11.8 Å². The molecule has 1 heterocycles. The van der Waals surface area contributed by atoms with Gasteiger partial charge in [-0.15, -0.1) is 0 Å². The first-order valence-corrected chi connectivity index (χ1v) is 5.60. The van der Waals surface area contributed by atoms with E-state index in [1.54, 1.807) is 18.2 Å². The molecule has 2 aromatic rings. The Kier molecular flexibility index (Phi) is 3.19. The van der Waals surface area contributed by atoms with Crippen molar-refractivity contribution in [2.45, 2.75) is 6.92 Å². The third-order valence-electron chi connectivity index (χ3n) is 2.48. The maximum atomic E-state index is 5.94. The van der Waals surface area contributed by atoms with Crippen molar-refractivity contribution in [3.63, 3.8) is 0 Å². The Morgan fingerprint density at radius 2 is 2.24 bits per heavy atom. The zero-order chi connectivity index (χ0) is 12.4. The van der Waals surface area contributed by atoms with Crippen LogP contribution in [0.5, 0.6) is 0 Å². The van der Waals surface area contributed by atoms with Gasteiger partial charge in [0.15, 0.2) is 0 Å². The van der Waals surface area contributed by atoms with E-state index in [0.29, 0.717) is 22.5 Å². The van der Waals surface area contributed by atoms with Crippen LogP contribution < -0.4 is 10.6 Å². The van der Waals surface area contributed by atoms with Crippen LogP contribution in [0.25, 0.3) is 11.5 Å². The van der Waals surface area contributed by atoms with Crippen molar-refractivity contribution >= 4 is 23.2 Å². The molecule has 1 aromatic carbocycles. The molecule has 0 aliphatic heterocycles. The smallest absolute Gasteiger partial charge is 0.266 e. The molecule has 1 aromatic heterocycles. The van der Waals surface area contributed by atoms with E-state index in [4.69, 9.17) is 21.9 Å². The van der Waals surface area contributed by atoms with E-state index < -0.39 is 0 Å². The van der Waals surface area contributed by atoms with Crippen LogP contribution in [-0.2, 0) is 0 Å². The summed E-state index contributed by atoms with van der Waals surface area (Å²) in [5.74, 6) is 0.984. The monoisotopic (exact) mass is 252 g/mol. The second kappa shape index (κ2) is 4.63. The average molecular weight is 253 g/mol. The van der Waals surface area contributed by atoms with Crippen molar-refractivity contribution in [2.75, 3.05) is 24.2 Å². The number of nitrogens with zero attached hydrogens (tertiary/aromatic N) is 3. The minimum absolute atomic E-state index is 0.433. The number of hydrogen-bond donors (Lipinski definition) is 1. The van der Waals surface area contributed by atoms with Crippen LogP contribution in [-0.4, -0.2) is 23.7 Å². The molecular formula is C11H13ClN4O. The molecule has 17 heavy (non-hydrogen) atoms.